The van der Waals surface area contributed by atoms with Gasteiger partial charge in [0.1, 0.15) is 0 Å². The maximum absolute atomic E-state index is 12.9. The van der Waals surface area contributed by atoms with Gasteiger partial charge in [0, 0.05) is 23.0 Å². The third kappa shape index (κ3) is 5.44. The SMILES string of the molecule is O=C(C=Cc1cccs1)OCC(=O)N(C1CCCCC1)C1CCCCC1. The molecule has 26 heavy (non-hydrogen) atoms. The Labute approximate surface area is 160 Å². The number of carbonyl (C=O) groups excluding carboxylic acids is 2. The van der Waals surface area contributed by atoms with Gasteiger partial charge in [0.05, 0.1) is 0 Å². The number of hydrogen-bond donors (Lipinski definition) is 0. The lowest BCUT2D eigenvalue weighted by atomic mass is 9.88. The predicted octanol–water partition coefficient (Wildman–Crippen LogP) is 4.80. The van der Waals surface area contributed by atoms with Crippen molar-refractivity contribution in [3.05, 3.63) is 28.5 Å². The maximum Gasteiger partial charge on any atom is 0.331 e. The summed E-state index contributed by atoms with van der Waals surface area (Å²) in [5.41, 5.74) is 0. The minimum absolute atomic E-state index is 0.0123. The lowest BCUT2D eigenvalue weighted by Crippen LogP contribution is -2.50. The summed E-state index contributed by atoms with van der Waals surface area (Å²) in [6, 6.07) is 4.54. The third-order valence-corrected chi connectivity index (χ3v) is 6.33. The summed E-state index contributed by atoms with van der Waals surface area (Å²) in [7, 11) is 0. The van der Waals surface area contributed by atoms with Crippen LogP contribution in [0, 0.1) is 0 Å². The Kier molecular flexibility index (Phi) is 7.30. The molecule has 1 amide bonds. The monoisotopic (exact) mass is 375 g/mol. The van der Waals surface area contributed by atoms with E-state index in [2.05, 4.69) is 4.90 Å². The predicted molar refractivity (Wildman–Crippen MR) is 105 cm³/mol. The van der Waals surface area contributed by atoms with E-state index in [1.54, 1.807) is 17.4 Å². The molecule has 1 heterocycles. The molecule has 2 aliphatic carbocycles. The zero-order chi connectivity index (χ0) is 18.2. The van der Waals surface area contributed by atoms with Crippen LogP contribution in [0.1, 0.15) is 69.1 Å². The summed E-state index contributed by atoms with van der Waals surface area (Å²) in [5.74, 6) is -0.458. The highest BCUT2D eigenvalue weighted by molar-refractivity contribution is 7.10. The van der Waals surface area contributed by atoms with E-state index in [-0.39, 0.29) is 12.5 Å². The minimum Gasteiger partial charge on any atom is -0.452 e. The number of hydrogen-bond acceptors (Lipinski definition) is 4. The third-order valence-electron chi connectivity index (χ3n) is 5.49. The Morgan fingerprint density at radius 2 is 1.65 bits per heavy atom. The molecule has 0 atom stereocenters. The first kappa shape index (κ1) is 19.2. The second kappa shape index (κ2) is 9.91. The summed E-state index contributed by atoms with van der Waals surface area (Å²) in [6.07, 6.45) is 14.8. The second-order valence-electron chi connectivity index (χ2n) is 7.34. The summed E-state index contributed by atoms with van der Waals surface area (Å²) < 4.78 is 5.25. The number of rotatable bonds is 6. The molecule has 0 radical (unpaired) electrons. The summed E-state index contributed by atoms with van der Waals surface area (Å²) in [5, 5.41) is 1.96. The zero-order valence-corrected chi connectivity index (χ0v) is 16.2. The van der Waals surface area contributed by atoms with E-state index in [0.29, 0.717) is 12.1 Å². The second-order valence-corrected chi connectivity index (χ2v) is 8.32. The van der Waals surface area contributed by atoms with Crippen LogP contribution in [-0.4, -0.2) is 35.5 Å². The van der Waals surface area contributed by atoms with Crippen molar-refractivity contribution < 1.29 is 14.3 Å². The molecule has 0 bridgehead atoms. The fourth-order valence-corrected chi connectivity index (χ4v) is 4.83. The van der Waals surface area contributed by atoms with Crippen molar-refractivity contribution in [2.24, 2.45) is 0 Å². The van der Waals surface area contributed by atoms with E-state index in [1.165, 1.54) is 44.6 Å². The number of thiophene rings is 1. The van der Waals surface area contributed by atoms with Crippen LogP contribution in [0.15, 0.2) is 23.6 Å². The zero-order valence-electron chi connectivity index (χ0n) is 15.4. The highest BCUT2D eigenvalue weighted by Gasteiger charge is 2.32. The van der Waals surface area contributed by atoms with E-state index in [1.807, 2.05) is 17.5 Å². The van der Waals surface area contributed by atoms with Crippen molar-refractivity contribution in [2.75, 3.05) is 6.61 Å². The fourth-order valence-electron chi connectivity index (χ4n) is 4.22. The van der Waals surface area contributed by atoms with Gasteiger partial charge < -0.3 is 9.64 Å². The van der Waals surface area contributed by atoms with Crippen LogP contribution in [0.2, 0.25) is 0 Å². The molecule has 3 rings (SSSR count). The number of ether oxygens (including phenoxy) is 1. The standard InChI is InChI=1S/C21H29NO3S/c23-20(16-25-21(24)14-13-19-12-7-15-26-19)22(17-8-3-1-4-9-17)18-10-5-2-6-11-18/h7,12-15,17-18H,1-6,8-11,16H2. The Balaban J connectivity index is 1.56. The van der Waals surface area contributed by atoms with Crippen molar-refractivity contribution in [1.29, 1.82) is 0 Å². The van der Waals surface area contributed by atoms with Gasteiger partial charge in [0.15, 0.2) is 6.61 Å². The molecule has 0 aromatic carbocycles. The largest absolute Gasteiger partial charge is 0.452 e. The molecular formula is C21H29NO3S. The molecule has 5 heteroatoms. The van der Waals surface area contributed by atoms with Crippen LogP contribution >= 0.6 is 11.3 Å². The van der Waals surface area contributed by atoms with E-state index in [0.717, 1.165) is 30.6 Å². The maximum atomic E-state index is 12.9. The van der Waals surface area contributed by atoms with Crippen LogP contribution in [0.4, 0.5) is 0 Å². The van der Waals surface area contributed by atoms with Crippen molar-refractivity contribution in [3.8, 4) is 0 Å². The van der Waals surface area contributed by atoms with Crippen molar-refractivity contribution in [3.63, 3.8) is 0 Å². The summed E-state index contributed by atoms with van der Waals surface area (Å²) in [4.78, 5) is 27.9. The van der Waals surface area contributed by atoms with Gasteiger partial charge in [-0.2, -0.15) is 0 Å². The van der Waals surface area contributed by atoms with E-state index in [4.69, 9.17) is 4.74 Å². The molecule has 0 saturated heterocycles. The average Bonchev–Trinajstić information content (AvgIpc) is 3.20. The van der Waals surface area contributed by atoms with Crippen LogP contribution in [0.5, 0.6) is 0 Å². The van der Waals surface area contributed by atoms with Crippen LogP contribution < -0.4 is 0 Å². The van der Waals surface area contributed by atoms with Gasteiger partial charge in [-0.15, -0.1) is 11.3 Å². The van der Waals surface area contributed by atoms with E-state index in [9.17, 15) is 9.59 Å². The van der Waals surface area contributed by atoms with Crippen molar-refractivity contribution in [2.45, 2.75) is 76.3 Å². The Morgan fingerprint density at radius 1 is 1.04 bits per heavy atom. The van der Waals surface area contributed by atoms with Gasteiger partial charge >= 0.3 is 5.97 Å². The van der Waals surface area contributed by atoms with Crippen molar-refractivity contribution >= 4 is 29.3 Å². The normalized spacial score (nSPS) is 19.5. The van der Waals surface area contributed by atoms with Gasteiger partial charge in [-0.3, -0.25) is 4.79 Å². The van der Waals surface area contributed by atoms with E-state index < -0.39 is 5.97 Å². The lowest BCUT2D eigenvalue weighted by molar-refractivity contribution is -0.152. The summed E-state index contributed by atoms with van der Waals surface area (Å²) >= 11 is 1.56. The van der Waals surface area contributed by atoms with E-state index >= 15 is 0 Å². The molecule has 2 saturated carbocycles. The first-order valence-electron chi connectivity index (χ1n) is 9.93. The van der Waals surface area contributed by atoms with Crippen LogP contribution in [0.3, 0.4) is 0 Å². The molecule has 1 aromatic heterocycles. The smallest absolute Gasteiger partial charge is 0.331 e. The fraction of sp³-hybridized carbons (Fsp3) is 0.619. The van der Waals surface area contributed by atoms with Gasteiger partial charge in [-0.25, -0.2) is 4.79 Å². The molecule has 2 aliphatic rings. The number of nitrogens with zero attached hydrogens (tertiary/aromatic N) is 1. The molecule has 0 spiro atoms. The number of esters is 1. The summed E-state index contributed by atoms with van der Waals surface area (Å²) in [6.45, 7) is -0.138. The van der Waals surface area contributed by atoms with Gasteiger partial charge in [0.2, 0.25) is 0 Å². The Hall–Kier alpha value is -1.62. The van der Waals surface area contributed by atoms with Crippen LogP contribution in [0.25, 0.3) is 6.08 Å². The van der Waals surface area contributed by atoms with Gasteiger partial charge in [0.25, 0.3) is 5.91 Å². The number of carbonyl (C=O) groups is 2. The molecule has 4 nitrogen and oxygen atoms in total. The highest BCUT2D eigenvalue weighted by atomic mass is 32.1. The molecule has 0 unspecified atom stereocenters. The Bertz CT molecular complexity index is 581. The first-order chi connectivity index (χ1) is 12.7. The highest BCUT2D eigenvalue weighted by Crippen LogP contribution is 2.30. The molecule has 1 aromatic rings. The minimum atomic E-state index is -0.445. The molecule has 0 N–H and O–H groups in total. The molecule has 2 fully saturated rings. The average molecular weight is 376 g/mol. The lowest BCUT2D eigenvalue weighted by Gasteiger charge is -2.41. The molecular weight excluding hydrogens is 346 g/mol. The van der Waals surface area contributed by atoms with Crippen molar-refractivity contribution in [1.82, 2.24) is 4.90 Å². The topological polar surface area (TPSA) is 46.6 Å². The number of amides is 1. The quantitative estimate of drug-likeness (QED) is 0.530. The molecule has 142 valence electrons. The Morgan fingerprint density at radius 3 is 2.19 bits per heavy atom. The van der Waals surface area contributed by atoms with Gasteiger partial charge in [-0.1, -0.05) is 44.6 Å². The van der Waals surface area contributed by atoms with Crippen LogP contribution in [-0.2, 0) is 14.3 Å². The van der Waals surface area contributed by atoms with Gasteiger partial charge in [-0.05, 0) is 43.2 Å². The molecule has 0 aliphatic heterocycles. The first-order valence-corrected chi connectivity index (χ1v) is 10.8.